The van der Waals surface area contributed by atoms with Gasteiger partial charge in [-0.3, -0.25) is 0 Å². The molecule has 2 heterocycles. The fraction of sp³-hybridized carbons (Fsp3) is 0.478. The third-order valence-corrected chi connectivity index (χ3v) is 10.7. The highest BCUT2D eigenvalue weighted by Crippen LogP contribution is 2.34. The van der Waals surface area contributed by atoms with Gasteiger partial charge in [0.15, 0.2) is 0 Å². The summed E-state index contributed by atoms with van der Waals surface area (Å²) in [5.74, 6) is 0.878. The zero-order chi connectivity index (χ0) is 24.5. The zero-order valence-electron chi connectivity index (χ0n) is 19.4. The van der Waals surface area contributed by atoms with Crippen LogP contribution in [0.25, 0.3) is 0 Å². The van der Waals surface area contributed by atoms with Gasteiger partial charge in [-0.15, -0.1) is 0 Å². The minimum Gasteiger partial charge on any atom is -0.495 e. The van der Waals surface area contributed by atoms with E-state index in [0.29, 0.717) is 43.5 Å². The lowest BCUT2D eigenvalue weighted by Gasteiger charge is -2.36. The van der Waals surface area contributed by atoms with Crippen LogP contribution in [0.2, 0.25) is 5.02 Å². The van der Waals surface area contributed by atoms with Crippen LogP contribution >= 0.6 is 11.6 Å². The van der Waals surface area contributed by atoms with E-state index in [4.69, 9.17) is 16.3 Å². The van der Waals surface area contributed by atoms with Crippen molar-refractivity contribution in [1.82, 2.24) is 8.61 Å². The van der Waals surface area contributed by atoms with E-state index in [1.165, 1.54) is 17.5 Å². The molecule has 0 radical (unpaired) electrons. The van der Waals surface area contributed by atoms with Crippen molar-refractivity contribution < 1.29 is 21.6 Å². The molecule has 34 heavy (non-hydrogen) atoms. The molecule has 0 aliphatic carbocycles. The number of benzene rings is 2. The maximum Gasteiger partial charge on any atom is 0.244 e. The Hall–Kier alpha value is -1.85. The highest BCUT2D eigenvalue weighted by Gasteiger charge is 2.33. The van der Waals surface area contributed by atoms with Crippen LogP contribution in [0.1, 0.15) is 19.8 Å². The molecule has 186 valence electrons. The average molecular weight is 528 g/mol. The first-order valence-electron chi connectivity index (χ1n) is 11.3. The number of piperazine rings is 1. The Morgan fingerprint density at radius 2 is 1.62 bits per heavy atom. The monoisotopic (exact) mass is 527 g/mol. The number of piperidine rings is 1. The van der Waals surface area contributed by atoms with Crippen molar-refractivity contribution in [3.05, 3.63) is 47.5 Å². The molecule has 1 atom stereocenters. The van der Waals surface area contributed by atoms with Gasteiger partial charge in [-0.05, 0) is 49.1 Å². The van der Waals surface area contributed by atoms with Crippen molar-refractivity contribution >= 4 is 37.3 Å². The van der Waals surface area contributed by atoms with Crippen LogP contribution in [0.15, 0.2) is 52.3 Å². The molecule has 0 aromatic heterocycles. The van der Waals surface area contributed by atoms with Crippen molar-refractivity contribution in [2.45, 2.75) is 29.6 Å². The average Bonchev–Trinajstić information content (AvgIpc) is 2.84. The topological polar surface area (TPSA) is 87.2 Å². The SMILES string of the molecule is COc1ccc(S(=O)(=O)N2CCCC(C)C2)cc1N1CCN(S(=O)(=O)c2ccccc2Cl)CC1. The molecule has 0 N–H and O–H groups in total. The summed E-state index contributed by atoms with van der Waals surface area (Å²) < 4.78 is 61.2. The Kier molecular flexibility index (Phi) is 7.44. The Morgan fingerprint density at radius 3 is 2.26 bits per heavy atom. The predicted octanol–water partition coefficient (Wildman–Crippen LogP) is 3.28. The molecule has 0 spiro atoms. The quantitative estimate of drug-likeness (QED) is 0.573. The van der Waals surface area contributed by atoms with Gasteiger partial charge in [0.25, 0.3) is 0 Å². The molecule has 1 unspecified atom stereocenters. The molecule has 4 rings (SSSR count). The van der Waals surface area contributed by atoms with Crippen LogP contribution in [0.3, 0.4) is 0 Å². The van der Waals surface area contributed by atoms with Crippen LogP contribution in [0, 0.1) is 5.92 Å². The lowest BCUT2D eigenvalue weighted by molar-refractivity contribution is 0.281. The second kappa shape index (κ2) is 10.0. The van der Waals surface area contributed by atoms with Gasteiger partial charge in [-0.1, -0.05) is 30.7 Å². The van der Waals surface area contributed by atoms with Gasteiger partial charge >= 0.3 is 0 Å². The summed E-state index contributed by atoms with van der Waals surface area (Å²) in [6.45, 7) is 4.38. The van der Waals surface area contributed by atoms with Gasteiger partial charge < -0.3 is 9.64 Å². The number of nitrogens with zero attached hydrogens (tertiary/aromatic N) is 3. The van der Waals surface area contributed by atoms with Crippen LogP contribution in [-0.2, 0) is 20.0 Å². The second-order valence-corrected chi connectivity index (χ2v) is 13.0. The number of methoxy groups -OCH3 is 1. The van der Waals surface area contributed by atoms with Crippen molar-refractivity contribution in [3.63, 3.8) is 0 Å². The first-order chi connectivity index (χ1) is 16.1. The smallest absolute Gasteiger partial charge is 0.244 e. The van der Waals surface area contributed by atoms with Gasteiger partial charge in [0.2, 0.25) is 20.0 Å². The van der Waals surface area contributed by atoms with E-state index in [1.807, 2.05) is 4.90 Å². The Morgan fingerprint density at radius 1 is 0.912 bits per heavy atom. The first-order valence-corrected chi connectivity index (χ1v) is 14.6. The third kappa shape index (κ3) is 4.92. The normalized spacial score (nSPS) is 20.9. The molecule has 0 amide bonds. The van der Waals surface area contributed by atoms with Crippen LogP contribution in [0.5, 0.6) is 5.75 Å². The molecule has 2 aromatic rings. The Balaban J connectivity index is 1.56. The maximum absolute atomic E-state index is 13.3. The molecule has 11 heteroatoms. The lowest BCUT2D eigenvalue weighted by Crippen LogP contribution is -2.48. The summed E-state index contributed by atoms with van der Waals surface area (Å²) in [6, 6.07) is 11.3. The summed E-state index contributed by atoms with van der Waals surface area (Å²) in [6.07, 6.45) is 1.88. The fourth-order valence-corrected chi connectivity index (χ4v) is 8.09. The molecule has 0 saturated carbocycles. The predicted molar refractivity (Wildman–Crippen MR) is 133 cm³/mol. The zero-order valence-corrected chi connectivity index (χ0v) is 21.7. The van der Waals surface area contributed by atoms with Gasteiger partial charge in [-0.2, -0.15) is 8.61 Å². The number of halogens is 1. The summed E-state index contributed by atoms with van der Waals surface area (Å²) in [4.78, 5) is 2.28. The number of ether oxygens (including phenoxy) is 1. The first kappa shape index (κ1) is 25.2. The van der Waals surface area contributed by atoms with Gasteiger partial charge in [0, 0.05) is 39.3 Å². The molecule has 2 saturated heterocycles. The highest BCUT2D eigenvalue weighted by molar-refractivity contribution is 7.89. The van der Waals surface area contributed by atoms with Crippen LogP contribution in [0.4, 0.5) is 5.69 Å². The molecule has 0 bridgehead atoms. The fourth-order valence-electron chi connectivity index (χ4n) is 4.55. The number of anilines is 1. The van der Waals surface area contributed by atoms with Crippen LogP contribution < -0.4 is 9.64 Å². The number of hydrogen-bond donors (Lipinski definition) is 0. The van der Waals surface area contributed by atoms with Crippen molar-refractivity contribution in [2.24, 2.45) is 5.92 Å². The van der Waals surface area contributed by atoms with E-state index in [-0.39, 0.29) is 27.9 Å². The van der Waals surface area contributed by atoms with E-state index in [9.17, 15) is 16.8 Å². The van der Waals surface area contributed by atoms with Crippen molar-refractivity contribution in [2.75, 3.05) is 51.3 Å². The third-order valence-electron chi connectivity index (χ3n) is 6.44. The summed E-state index contributed by atoms with van der Waals surface area (Å²) >= 11 is 6.13. The second-order valence-electron chi connectivity index (χ2n) is 8.77. The van der Waals surface area contributed by atoms with Crippen molar-refractivity contribution in [3.8, 4) is 5.75 Å². The largest absolute Gasteiger partial charge is 0.495 e. The van der Waals surface area contributed by atoms with E-state index in [0.717, 1.165) is 12.8 Å². The summed E-state index contributed by atoms with van der Waals surface area (Å²) in [7, 11) is -5.81. The minimum atomic E-state index is -3.72. The van der Waals surface area contributed by atoms with E-state index in [1.54, 1.807) is 40.7 Å². The molecule has 8 nitrogen and oxygen atoms in total. The number of rotatable bonds is 6. The maximum atomic E-state index is 13.3. The molecular weight excluding hydrogens is 498 g/mol. The lowest BCUT2D eigenvalue weighted by atomic mass is 10.0. The standard InChI is InChI=1S/C23H30ClN3O5S2/c1-18-6-5-11-27(17-18)33(28,29)19-9-10-22(32-2)21(16-19)25-12-14-26(15-13-25)34(30,31)23-8-4-3-7-20(23)24/h3-4,7-10,16,18H,5-6,11-15,17H2,1-2H3. The van der Waals surface area contributed by atoms with Crippen molar-refractivity contribution in [1.29, 1.82) is 0 Å². The highest BCUT2D eigenvalue weighted by atomic mass is 35.5. The molecule has 2 aliphatic rings. The van der Waals surface area contributed by atoms with Crippen LogP contribution in [-0.4, -0.2) is 71.8 Å². The van der Waals surface area contributed by atoms with E-state index in [2.05, 4.69) is 6.92 Å². The minimum absolute atomic E-state index is 0.0894. The molecule has 2 aliphatic heterocycles. The van der Waals surface area contributed by atoms with Gasteiger partial charge in [-0.25, -0.2) is 16.8 Å². The summed E-state index contributed by atoms with van der Waals surface area (Å²) in [5, 5.41) is 0.191. The number of hydrogen-bond acceptors (Lipinski definition) is 6. The Labute approximate surface area is 207 Å². The number of sulfonamides is 2. The Bertz CT molecular complexity index is 1250. The molecular formula is C23H30ClN3O5S2. The summed E-state index contributed by atoms with van der Waals surface area (Å²) in [5.41, 5.74) is 0.642. The van der Waals surface area contributed by atoms with Gasteiger partial charge in [0.05, 0.1) is 22.7 Å². The van der Waals surface area contributed by atoms with E-state index < -0.39 is 20.0 Å². The molecule has 2 fully saturated rings. The van der Waals surface area contributed by atoms with E-state index >= 15 is 0 Å². The molecule has 2 aromatic carbocycles. The van der Waals surface area contributed by atoms with Gasteiger partial charge in [0.1, 0.15) is 10.6 Å².